The van der Waals surface area contributed by atoms with Gasteiger partial charge < -0.3 is 10.1 Å². The van der Waals surface area contributed by atoms with E-state index in [1.165, 1.54) is 12.1 Å². The number of aromatic nitrogens is 1. The molecule has 2 N–H and O–H groups in total. The van der Waals surface area contributed by atoms with Gasteiger partial charge in [0.05, 0.1) is 29.2 Å². The Hall–Kier alpha value is -3.24. The van der Waals surface area contributed by atoms with Crippen LogP contribution in [0.1, 0.15) is 41.4 Å². The zero-order chi connectivity index (χ0) is 23.8. The van der Waals surface area contributed by atoms with Crippen molar-refractivity contribution in [1.82, 2.24) is 4.98 Å². The third-order valence-corrected chi connectivity index (χ3v) is 6.87. The SMILES string of the molecule is CCCCOC(=O)c1ccc(NC(=O)Cc2csc(NS(=O)(=O)c3ccc(C)cc3)n2)cc1. The molecule has 0 fully saturated rings. The molecule has 0 aliphatic carbocycles. The summed E-state index contributed by atoms with van der Waals surface area (Å²) >= 11 is 1.10. The van der Waals surface area contributed by atoms with Crippen molar-refractivity contribution >= 4 is 44.1 Å². The Kier molecular flexibility index (Phi) is 8.18. The lowest BCUT2D eigenvalue weighted by molar-refractivity contribution is -0.115. The van der Waals surface area contributed by atoms with Crippen molar-refractivity contribution in [2.24, 2.45) is 0 Å². The highest BCUT2D eigenvalue weighted by atomic mass is 32.2. The van der Waals surface area contributed by atoms with E-state index in [1.807, 2.05) is 13.8 Å². The molecule has 174 valence electrons. The summed E-state index contributed by atoms with van der Waals surface area (Å²) < 4.78 is 32.5. The monoisotopic (exact) mass is 487 g/mol. The Morgan fingerprint density at radius 1 is 1.06 bits per heavy atom. The molecule has 0 aliphatic heterocycles. The molecule has 1 aromatic heterocycles. The predicted molar refractivity (Wildman–Crippen MR) is 128 cm³/mol. The number of anilines is 2. The van der Waals surface area contributed by atoms with Crippen LogP contribution in [-0.2, 0) is 26.0 Å². The summed E-state index contributed by atoms with van der Waals surface area (Å²) in [4.78, 5) is 28.6. The second-order valence-electron chi connectivity index (χ2n) is 7.35. The number of hydrogen-bond acceptors (Lipinski definition) is 7. The number of carbonyl (C=O) groups is 2. The molecule has 8 nitrogen and oxygen atoms in total. The number of esters is 1. The molecule has 0 atom stereocenters. The Labute approximate surface area is 197 Å². The van der Waals surface area contributed by atoms with Gasteiger partial charge in [-0.25, -0.2) is 18.2 Å². The summed E-state index contributed by atoms with van der Waals surface area (Å²) in [6.45, 7) is 4.27. The number of hydrogen-bond donors (Lipinski definition) is 2. The fraction of sp³-hybridized carbons (Fsp3) is 0.261. The van der Waals surface area contributed by atoms with Crippen LogP contribution in [0.2, 0.25) is 0 Å². The molecular weight excluding hydrogens is 462 g/mol. The van der Waals surface area contributed by atoms with E-state index >= 15 is 0 Å². The first-order valence-electron chi connectivity index (χ1n) is 10.4. The third-order valence-electron chi connectivity index (χ3n) is 4.58. The average Bonchev–Trinajstić information content (AvgIpc) is 3.20. The van der Waals surface area contributed by atoms with Gasteiger partial charge in [-0.05, 0) is 49.7 Å². The number of benzene rings is 2. The summed E-state index contributed by atoms with van der Waals surface area (Å²) in [7, 11) is -3.75. The first-order valence-corrected chi connectivity index (χ1v) is 12.7. The van der Waals surface area contributed by atoms with E-state index in [1.54, 1.807) is 41.8 Å². The molecule has 0 radical (unpaired) electrons. The van der Waals surface area contributed by atoms with Crippen molar-refractivity contribution in [1.29, 1.82) is 0 Å². The second kappa shape index (κ2) is 11.1. The van der Waals surface area contributed by atoms with Gasteiger partial charge in [0.2, 0.25) is 5.91 Å². The fourth-order valence-corrected chi connectivity index (χ4v) is 4.74. The van der Waals surface area contributed by atoms with Crippen molar-refractivity contribution in [3.8, 4) is 0 Å². The van der Waals surface area contributed by atoms with E-state index in [0.717, 1.165) is 29.7 Å². The lowest BCUT2D eigenvalue weighted by atomic mass is 10.2. The van der Waals surface area contributed by atoms with Crippen molar-refractivity contribution in [2.75, 3.05) is 16.6 Å². The van der Waals surface area contributed by atoms with Gasteiger partial charge in [-0.15, -0.1) is 11.3 Å². The average molecular weight is 488 g/mol. The minimum atomic E-state index is -3.75. The maximum absolute atomic E-state index is 12.5. The minimum absolute atomic E-state index is 0.0242. The molecule has 1 amide bonds. The first-order chi connectivity index (χ1) is 15.8. The summed E-state index contributed by atoms with van der Waals surface area (Å²) in [6, 6.07) is 12.9. The van der Waals surface area contributed by atoms with Crippen molar-refractivity contribution < 1.29 is 22.7 Å². The zero-order valence-corrected chi connectivity index (χ0v) is 20.0. The number of ether oxygens (including phenoxy) is 1. The van der Waals surface area contributed by atoms with E-state index in [2.05, 4.69) is 15.0 Å². The summed E-state index contributed by atoms with van der Waals surface area (Å²) in [5.41, 5.74) is 2.34. The van der Waals surface area contributed by atoms with Gasteiger partial charge in [0.1, 0.15) is 0 Å². The Balaban J connectivity index is 1.54. The van der Waals surface area contributed by atoms with Crippen LogP contribution in [0.25, 0.3) is 0 Å². The number of amides is 1. The van der Waals surface area contributed by atoms with Crippen molar-refractivity contribution in [3.63, 3.8) is 0 Å². The van der Waals surface area contributed by atoms with E-state index < -0.39 is 16.0 Å². The Morgan fingerprint density at radius 2 is 1.76 bits per heavy atom. The van der Waals surface area contributed by atoms with E-state index in [0.29, 0.717) is 23.6 Å². The molecule has 10 heteroatoms. The van der Waals surface area contributed by atoms with Gasteiger partial charge in [-0.3, -0.25) is 9.52 Å². The van der Waals surface area contributed by atoms with Crippen molar-refractivity contribution in [3.05, 3.63) is 70.7 Å². The molecule has 0 aliphatic rings. The topological polar surface area (TPSA) is 114 Å². The Morgan fingerprint density at radius 3 is 2.42 bits per heavy atom. The summed E-state index contributed by atoms with van der Waals surface area (Å²) in [5, 5.41) is 4.54. The molecule has 3 aromatic rings. The van der Waals surface area contributed by atoms with Crippen molar-refractivity contribution in [2.45, 2.75) is 38.0 Å². The van der Waals surface area contributed by atoms with Crippen LogP contribution in [0.15, 0.2) is 58.8 Å². The lowest BCUT2D eigenvalue weighted by Crippen LogP contribution is -2.15. The third kappa shape index (κ3) is 7.13. The fourth-order valence-electron chi connectivity index (χ4n) is 2.78. The van der Waals surface area contributed by atoms with Crippen LogP contribution >= 0.6 is 11.3 Å². The normalized spacial score (nSPS) is 11.1. The molecule has 3 rings (SSSR count). The van der Waals surface area contributed by atoms with Crippen LogP contribution in [0.5, 0.6) is 0 Å². The van der Waals surface area contributed by atoms with Gasteiger partial charge in [0.15, 0.2) is 5.13 Å². The summed E-state index contributed by atoms with van der Waals surface area (Å²) in [6.07, 6.45) is 1.73. The molecular formula is C23H25N3O5S2. The van der Waals surface area contributed by atoms with Gasteiger partial charge in [-0.1, -0.05) is 31.0 Å². The summed E-state index contributed by atoms with van der Waals surface area (Å²) in [5.74, 6) is -0.712. The van der Waals surface area contributed by atoms with E-state index in [9.17, 15) is 18.0 Å². The van der Waals surface area contributed by atoms with Crippen LogP contribution < -0.4 is 10.0 Å². The molecule has 0 unspecified atom stereocenters. The number of carbonyl (C=O) groups excluding carboxylic acids is 2. The number of nitrogens with one attached hydrogen (secondary N) is 2. The van der Waals surface area contributed by atoms with E-state index in [-0.39, 0.29) is 22.4 Å². The van der Waals surface area contributed by atoms with Gasteiger partial charge in [0, 0.05) is 11.1 Å². The number of unbranched alkanes of at least 4 members (excludes halogenated alkanes) is 1. The van der Waals surface area contributed by atoms with Crippen LogP contribution in [-0.4, -0.2) is 31.9 Å². The predicted octanol–water partition coefficient (Wildman–Crippen LogP) is 4.39. The maximum atomic E-state index is 12.5. The molecule has 2 aromatic carbocycles. The number of aryl methyl sites for hydroxylation is 1. The number of rotatable bonds is 10. The largest absolute Gasteiger partial charge is 0.462 e. The highest BCUT2D eigenvalue weighted by Gasteiger charge is 2.17. The highest BCUT2D eigenvalue weighted by molar-refractivity contribution is 7.93. The Bertz CT molecular complexity index is 1200. The van der Waals surface area contributed by atoms with Gasteiger partial charge >= 0.3 is 5.97 Å². The highest BCUT2D eigenvalue weighted by Crippen LogP contribution is 2.21. The van der Waals surface area contributed by atoms with Crippen LogP contribution in [0.4, 0.5) is 10.8 Å². The minimum Gasteiger partial charge on any atom is -0.462 e. The number of thiazole rings is 1. The zero-order valence-electron chi connectivity index (χ0n) is 18.3. The van der Waals surface area contributed by atoms with E-state index in [4.69, 9.17) is 4.74 Å². The number of sulfonamides is 1. The smallest absolute Gasteiger partial charge is 0.338 e. The quantitative estimate of drug-likeness (QED) is 0.324. The molecule has 33 heavy (non-hydrogen) atoms. The molecule has 0 saturated heterocycles. The van der Waals surface area contributed by atoms with Crippen LogP contribution in [0, 0.1) is 6.92 Å². The second-order valence-corrected chi connectivity index (χ2v) is 9.89. The molecule has 1 heterocycles. The molecule has 0 saturated carbocycles. The molecule has 0 bridgehead atoms. The number of nitrogens with zero attached hydrogens (tertiary/aromatic N) is 1. The van der Waals surface area contributed by atoms with Gasteiger partial charge in [0.25, 0.3) is 10.0 Å². The maximum Gasteiger partial charge on any atom is 0.338 e. The first kappa shape index (κ1) is 24.4. The standard InChI is InChI=1S/C23H25N3O5S2/c1-3-4-13-31-22(28)17-7-9-18(10-8-17)24-21(27)14-19-15-32-23(25-19)26-33(29,30)20-11-5-16(2)6-12-20/h5-12,15H,3-4,13-14H2,1-2H3,(H,24,27)(H,25,26). The molecule has 0 spiro atoms. The lowest BCUT2D eigenvalue weighted by Gasteiger charge is -2.07. The van der Waals surface area contributed by atoms with Crippen LogP contribution in [0.3, 0.4) is 0 Å². The van der Waals surface area contributed by atoms with Gasteiger partial charge in [-0.2, -0.15) is 0 Å².